The van der Waals surface area contributed by atoms with Crippen LogP contribution in [0.2, 0.25) is 0 Å². The number of halogens is 1. The zero-order valence-electron chi connectivity index (χ0n) is 13.3. The number of nitrogens with zero attached hydrogens (tertiary/aromatic N) is 1. The van der Waals surface area contributed by atoms with Crippen LogP contribution in [0.25, 0.3) is 21.7 Å². The maximum Gasteiger partial charge on any atom is 0.167 e. The van der Waals surface area contributed by atoms with Gasteiger partial charge in [0.1, 0.15) is 0 Å². The minimum atomic E-state index is 0. The molecule has 0 radical (unpaired) electrons. The van der Waals surface area contributed by atoms with E-state index in [1.807, 2.05) is 24.3 Å². The number of para-hydroxylation sites is 1. The summed E-state index contributed by atoms with van der Waals surface area (Å²) < 4.78 is 5.10. The van der Waals surface area contributed by atoms with Crippen LogP contribution in [0.5, 0.6) is 0 Å². The van der Waals surface area contributed by atoms with Gasteiger partial charge < -0.3 is 10.3 Å². The number of alkyl halides is 1. The molecule has 4 rings (SSSR count). The molecule has 0 bridgehead atoms. The molecule has 1 heterocycles. The van der Waals surface area contributed by atoms with E-state index in [2.05, 4.69) is 63.6 Å². The van der Waals surface area contributed by atoms with Crippen LogP contribution < -0.4 is 5.73 Å². The molecule has 0 saturated heterocycles. The van der Waals surface area contributed by atoms with Gasteiger partial charge in [0.25, 0.3) is 0 Å². The summed E-state index contributed by atoms with van der Waals surface area (Å²) in [6.07, 6.45) is 0.775. The van der Waals surface area contributed by atoms with E-state index >= 15 is 0 Å². The van der Waals surface area contributed by atoms with Gasteiger partial charge in [-0.3, -0.25) is 0 Å². The van der Waals surface area contributed by atoms with Crippen LogP contribution in [0.4, 0.5) is 0 Å². The van der Waals surface area contributed by atoms with E-state index in [0.29, 0.717) is 6.54 Å². The summed E-state index contributed by atoms with van der Waals surface area (Å²) in [4.78, 5) is 0. The lowest BCUT2D eigenvalue weighted by atomic mass is 10.1. The zero-order chi connectivity index (χ0) is 16.8. The van der Waals surface area contributed by atoms with Gasteiger partial charge in [0.15, 0.2) is 5.58 Å². The first-order chi connectivity index (χ1) is 11.8. The lowest BCUT2D eigenvalue weighted by Crippen LogP contribution is -2.02. The Hall–Kier alpha value is -2.17. The van der Waals surface area contributed by atoms with Gasteiger partial charge in [0.2, 0.25) is 0 Å². The molecule has 3 nitrogen and oxygen atoms in total. The van der Waals surface area contributed by atoms with Crippen LogP contribution in [0, 0.1) is 0 Å². The monoisotopic (exact) mass is 414 g/mol. The van der Waals surface area contributed by atoms with Crippen LogP contribution in [-0.2, 0) is 11.8 Å². The largest absolute Gasteiger partial charge is 0.356 e. The number of benzene rings is 3. The second kappa shape index (κ2) is 10.7. The summed E-state index contributed by atoms with van der Waals surface area (Å²) >= 11 is 3.44. The van der Waals surface area contributed by atoms with Crippen molar-refractivity contribution in [2.45, 2.75) is 26.6 Å². The number of hydrogen-bond donors (Lipinski definition) is 1. The van der Waals surface area contributed by atoms with Gasteiger partial charge in [-0.1, -0.05) is 90.5 Å². The molecule has 2 N–H and O–H groups in total. The van der Waals surface area contributed by atoms with E-state index in [0.717, 1.165) is 28.4 Å². The third-order valence-electron chi connectivity index (χ3n) is 3.80. The van der Waals surface area contributed by atoms with Gasteiger partial charge >= 0.3 is 0 Å². The van der Waals surface area contributed by atoms with E-state index in [4.69, 9.17) is 10.3 Å². The van der Waals surface area contributed by atoms with Crippen molar-refractivity contribution in [1.82, 2.24) is 5.16 Å². The highest BCUT2D eigenvalue weighted by Gasteiger charge is 2.04. The SMILES string of the molecule is BrCc1ccc2ccccc2c1.C.C.NCCc1noc2ccccc12. The number of nitrogens with two attached hydrogens (primary N) is 1. The van der Waals surface area contributed by atoms with Crippen molar-refractivity contribution in [2.24, 2.45) is 5.73 Å². The average molecular weight is 415 g/mol. The van der Waals surface area contributed by atoms with Gasteiger partial charge in [0, 0.05) is 17.1 Å². The highest BCUT2D eigenvalue weighted by molar-refractivity contribution is 9.08. The molecular weight excluding hydrogens is 388 g/mol. The van der Waals surface area contributed by atoms with Crippen LogP contribution >= 0.6 is 15.9 Å². The van der Waals surface area contributed by atoms with Crippen molar-refractivity contribution in [3.63, 3.8) is 0 Å². The molecule has 26 heavy (non-hydrogen) atoms. The first kappa shape index (κ1) is 21.9. The van der Waals surface area contributed by atoms with E-state index in [1.54, 1.807) is 0 Å². The summed E-state index contributed by atoms with van der Waals surface area (Å²) in [7, 11) is 0. The number of hydrogen-bond acceptors (Lipinski definition) is 3. The number of fused-ring (bicyclic) bond motifs is 2. The maximum absolute atomic E-state index is 5.43. The van der Waals surface area contributed by atoms with Gasteiger partial charge in [-0.25, -0.2) is 0 Å². The molecule has 0 amide bonds. The predicted molar refractivity (Wildman–Crippen MR) is 117 cm³/mol. The molecule has 0 atom stereocenters. The Labute approximate surface area is 164 Å². The zero-order valence-corrected chi connectivity index (χ0v) is 14.9. The third kappa shape index (κ3) is 5.16. The predicted octanol–water partition coefficient (Wildman–Crippen LogP) is 6.34. The molecular formula is C22H27BrN2O. The van der Waals surface area contributed by atoms with Gasteiger partial charge in [0.05, 0.1) is 5.69 Å². The van der Waals surface area contributed by atoms with Gasteiger partial charge in [-0.05, 0) is 35.0 Å². The van der Waals surface area contributed by atoms with E-state index in [-0.39, 0.29) is 14.9 Å². The average Bonchev–Trinajstić information content (AvgIpc) is 3.05. The molecule has 0 saturated carbocycles. The lowest BCUT2D eigenvalue weighted by Gasteiger charge is -1.98. The van der Waals surface area contributed by atoms with E-state index in [1.165, 1.54) is 16.3 Å². The Bertz CT molecular complexity index is 933. The second-order valence-corrected chi connectivity index (χ2v) is 6.04. The summed E-state index contributed by atoms with van der Waals surface area (Å²) in [5.41, 5.74) is 8.54. The van der Waals surface area contributed by atoms with Gasteiger partial charge in [-0.15, -0.1) is 0 Å². The van der Waals surface area contributed by atoms with Crippen LogP contribution in [0.15, 0.2) is 71.3 Å². The molecule has 0 fully saturated rings. The van der Waals surface area contributed by atoms with Crippen molar-refractivity contribution in [2.75, 3.05) is 6.54 Å². The molecule has 0 aliphatic heterocycles. The molecule has 0 aliphatic carbocycles. The van der Waals surface area contributed by atoms with Crippen LogP contribution in [-0.4, -0.2) is 11.7 Å². The smallest absolute Gasteiger partial charge is 0.167 e. The molecule has 4 aromatic rings. The topological polar surface area (TPSA) is 52.0 Å². The normalized spacial score (nSPS) is 9.77. The molecule has 0 spiro atoms. The van der Waals surface area contributed by atoms with Crippen molar-refractivity contribution < 1.29 is 4.52 Å². The third-order valence-corrected chi connectivity index (χ3v) is 4.45. The minimum absolute atomic E-state index is 0. The number of rotatable bonds is 3. The molecule has 138 valence electrons. The van der Waals surface area contributed by atoms with Gasteiger partial charge in [-0.2, -0.15) is 0 Å². The fraction of sp³-hybridized carbons (Fsp3) is 0.227. The Balaban J connectivity index is 0.000000241. The Morgan fingerprint density at radius 3 is 2.31 bits per heavy atom. The summed E-state index contributed by atoms with van der Waals surface area (Å²) in [6.45, 7) is 0.608. The summed E-state index contributed by atoms with van der Waals surface area (Å²) in [5, 5.41) is 8.55. The van der Waals surface area contributed by atoms with Crippen molar-refractivity contribution in [1.29, 1.82) is 0 Å². The fourth-order valence-corrected chi connectivity index (χ4v) is 2.93. The summed E-state index contributed by atoms with van der Waals surface area (Å²) in [5.74, 6) is 0. The maximum atomic E-state index is 5.43. The van der Waals surface area contributed by atoms with E-state index < -0.39 is 0 Å². The first-order valence-corrected chi connectivity index (χ1v) is 9.01. The quantitative estimate of drug-likeness (QED) is 0.398. The van der Waals surface area contributed by atoms with Crippen LogP contribution in [0.3, 0.4) is 0 Å². The Morgan fingerprint density at radius 2 is 1.58 bits per heavy atom. The Morgan fingerprint density at radius 1 is 0.885 bits per heavy atom. The standard InChI is InChI=1S/C11H9Br.C9H10N2O.2CH4/c12-8-9-5-6-10-3-1-2-4-11(10)7-9;10-6-5-8-7-3-1-2-4-9(7)12-11-8;;/h1-7H,8H2;1-4H,5-6,10H2;2*1H4. The lowest BCUT2D eigenvalue weighted by molar-refractivity contribution is 0.446. The fourth-order valence-electron chi connectivity index (χ4n) is 2.58. The highest BCUT2D eigenvalue weighted by atomic mass is 79.9. The molecule has 3 aromatic carbocycles. The number of aromatic nitrogens is 1. The highest BCUT2D eigenvalue weighted by Crippen LogP contribution is 2.18. The minimum Gasteiger partial charge on any atom is -0.356 e. The second-order valence-electron chi connectivity index (χ2n) is 5.48. The molecule has 1 aromatic heterocycles. The Kier molecular flexibility index (Phi) is 9.03. The molecule has 0 unspecified atom stereocenters. The van der Waals surface area contributed by atoms with Crippen molar-refractivity contribution in [3.05, 3.63) is 78.0 Å². The molecule has 4 heteroatoms. The first-order valence-electron chi connectivity index (χ1n) is 7.89. The van der Waals surface area contributed by atoms with Crippen LogP contribution in [0.1, 0.15) is 26.1 Å². The molecule has 0 aliphatic rings. The van der Waals surface area contributed by atoms with Crippen molar-refractivity contribution in [3.8, 4) is 0 Å². The van der Waals surface area contributed by atoms with Crippen molar-refractivity contribution >= 4 is 37.7 Å². The summed E-state index contributed by atoms with van der Waals surface area (Å²) in [6, 6.07) is 22.7. The van der Waals surface area contributed by atoms with E-state index in [9.17, 15) is 0 Å².